The van der Waals surface area contributed by atoms with Crippen LogP contribution in [0.3, 0.4) is 0 Å². The highest BCUT2D eigenvalue weighted by atomic mass is 19.4. The molecule has 0 radical (unpaired) electrons. The van der Waals surface area contributed by atoms with E-state index in [2.05, 4.69) is 15.2 Å². The lowest BCUT2D eigenvalue weighted by atomic mass is 10.0. The van der Waals surface area contributed by atoms with Crippen molar-refractivity contribution >= 4 is 16.7 Å². The summed E-state index contributed by atoms with van der Waals surface area (Å²) in [5.41, 5.74) is -0.966. The fourth-order valence-corrected chi connectivity index (χ4v) is 4.05. The lowest BCUT2D eigenvalue weighted by Crippen LogP contribution is -2.42. The van der Waals surface area contributed by atoms with Gasteiger partial charge in [-0.2, -0.15) is 13.2 Å². The third-order valence-corrected chi connectivity index (χ3v) is 5.34. The number of hydrogen-bond donors (Lipinski definition) is 2. The number of rotatable bonds is 4. The predicted molar refractivity (Wildman–Crippen MR) is 110 cm³/mol. The van der Waals surface area contributed by atoms with Gasteiger partial charge in [-0.05, 0) is 50.8 Å². The van der Waals surface area contributed by atoms with Crippen molar-refractivity contribution in [3.8, 4) is 17.0 Å². The largest absolute Gasteiger partial charge is 0.507 e. The van der Waals surface area contributed by atoms with Crippen LogP contribution in [0.4, 0.5) is 19.0 Å². The third kappa shape index (κ3) is 4.13. The zero-order valence-corrected chi connectivity index (χ0v) is 17.1. The maximum absolute atomic E-state index is 12.9. The highest BCUT2D eigenvalue weighted by Crippen LogP contribution is 2.39. The third-order valence-electron chi connectivity index (χ3n) is 5.34. The van der Waals surface area contributed by atoms with Crippen LogP contribution in [0.5, 0.6) is 5.75 Å². The quantitative estimate of drug-likeness (QED) is 0.654. The molecule has 1 aromatic carbocycles. The van der Waals surface area contributed by atoms with E-state index in [-0.39, 0.29) is 11.3 Å². The Bertz CT molecular complexity index is 1120. The van der Waals surface area contributed by atoms with Gasteiger partial charge in [0.1, 0.15) is 17.0 Å². The molecular formula is C21H22F3N5O2. The minimum Gasteiger partial charge on any atom is -0.507 e. The summed E-state index contributed by atoms with van der Waals surface area (Å²) < 4.78 is 38.8. The van der Waals surface area contributed by atoms with Crippen molar-refractivity contribution in [3.63, 3.8) is 0 Å². The standard InChI is InChI=1S/C21H22F3N5O2/c1-28(2)11-20(31)7-9-29(12-20)19-18-15(4-3-8-25-18)17(26-27-19)14-6-5-13(10-16(14)30)21(22,23)24/h3-6,8,10,30-31H,7,9,11-12H2,1-2H3. The monoisotopic (exact) mass is 433 g/mol. The maximum Gasteiger partial charge on any atom is 0.416 e. The van der Waals surface area contributed by atoms with Gasteiger partial charge in [0.15, 0.2) is 5.82 Å². The number of β-amino-alcohol motifs (C(OH)–C–C–N with tert-alkyl or cyclic N) is 1. The summed E-state index contributed by atoms with van der Waals surface area (Å²) in [4.78, 5) is 8.23. The van der Waals surface area contributed by atoms with Gasteiger partial charge in [0.25, 0.3) is 0 Å². The van der Waals surface area contributed by atoms with E-state index in [1.54, 1.807) is 18.3 Å². The normalized spacial score (nSPS) is 19.5. The van der Waals surface area contributed by atoms with E-state index >= 15 is 0 Å². The molecule has 0 aliphatic carbocycles. The van der Waals surface area contributed by atoms with Gasteiger partial charge in [0.05, 0.1) is 11.2 Å². The number of phenols is 1. The fourth-order valence-electron chi connectivity index (χ4n) is 4.05. The number of aromatic hydroxyl groups is 1. The number of aliphatic hydroxyl groups is 1. The molecule has 0 saturated carbocycles. The Labute approximate surface area is 176 Å². The van der Waals surface area contributed by atoms with E-state index in [0.29, 0.717) is 48.8 Å². The van der Waals surface area contributed by atoms with Crippen molar-refractivity contribution in [1.29, 1.82) is 0 Å². The number of alkyl halides is 3. The van der Waals surface area contributed by atoms with E-state index in [1.807, 2.05) is 23.9 Å². The van der Waals surface area contributed by atoms with Crippen LogP contribution in [-0.2, 0) is 6.18 Å². The second kappa shape index (κ2) is 7.61. The van der Waals surface area contributed by atoms with Crippen LogP contribution in [0.1, 0.15) is 12.0 Å². The molecule has 4 rings (SSSR count). The molecule has 7 nitrogen and oxygen atoms in total. The molecule has 0 spiro atoms. The van der Waals surface area contributed by atoms with Crippen LogP contribution in [-0.4, -0.2) is 69.6 Å². The molecule has 31 heavy (non-hydrogen) atoms. The van der Waals surface area contributed by atoms with E-state index in [9.17, 15) is 23.4 Å². The number of halogens is 3. The summed E-state index contributed by atoms with van der Waals surface area (Å²) in [5.74, 6) is -0.0519. The molecule has 1 fully saturated rings. The highest BCUT2D eigenvalue weighted by molar-refractivity contribution is 5.98. The Kier molecular flexibility index (Phi) is 5.22. The molecule has 1 atom stereocenters. The van der Waals surface area contributed by atoms with Crippen LogP contribution in [0.25, 0.3) is 22.2 Å². The zero-order chi connectivity index (χ0) is 22.4. The van der Waals surface area contributed by atoms with Crippen molar-refractivity contribution in [2.24, 2.45) is 0 Å². The Morgan fingerprint density at radius 3 is 2.65 bits per heavy atom. The molecule has 3 aromatic rings. The number of aromatic nitrogens is 3. The summed E-state index contributed by atoms with van der Waals surface area (Å²) in [6.07, 6.45) is -2.41. The van der Waals surface area contributed by atoms with Gasteiger partial charge >= 0.3 is 6.18 Å². The number of pyridine rings is 1. The van der Waals surface area contributed by atoms with Crippen LogP contribution in [0.15, 0.2) is 36.5 Å². The average Bonchev–Trinajstić information content (AvgIpc) is 3.07. The fraction of sp³-hybridized carbons (Fsp3) is 0.381. The highest BCUT2D eigenvalue weighted by Gasteiger charge is 2.38. The van der Waals surface area contributed by atoms with Crippen LogP contribution < -0.4 is 4.90 Å². The molecule has 1 unspecified atom stereocenters. The number of fused-ring (bicyclic) bond motifs is 1. The smallest absolute Gasteiger partial charge is 0.416 e. The SMILES string of the molecule is CN(C)CC1(O)CCN(c2nnc(-c3ccc(C(F)(F)F)cc3O)c3cccnc23)C1. The Morgan fingerprint density at radius 2 is 1.97 bits per heavy atom. The molecule has 1 saturated heterocycles. The Balaban J connectivity index is 1.75. The van der Waals surface area contributed by atoms with E-state index in [0.717, 1.165) is 6.07 Å². The van der Waals surface area contributed by atoms with Crippen molar-refractivity contribution in [3.05, 3.63) is 42.1 Å². The molecule has 164 valence electrons. The minimum absolute atomic E-state index is 0.135. The maximum atomic E-state index is 12.9. The molecule has 2 N–H and O–H groups in total. The second-order valence-corrected chi connectivity index (χ2v) is 8.14. The van der Waals surface area contributed by atoms with E-state index in [4.69, 9.17) is 0 Å². The number of benzene rings is 1. The number of phenolic OH excluding ortho intramolecular Hbond substituents is 1. The minimum atomic E-state index is -4.56. The number of hydrogen-bond acceptors (Lipinski definition) is 7. The molecule has 10 heteroatoms. The first-order valence-corrected chi connectivity index (χ1v) is 9.71. The van der Waals surface area contributed by atoms with Crippen LogP contribution >= 0.6 is 0 Å². The van der Waals surface area contributed by atoms with Crippen molar-refractivity contribution in [2.75, 3.05) is 38.6 Å². The van der Waals surface area contributed by atoms with Crippen LogP contribution in [0.2, 0.25) is 0 Å². The average molecular weight is 433 g/mol. The van der Waals surface area contributed by atoms with Crippen molar-refractivity contribution in [2.45, 2.75) is 18.2 Å². The Morgan fingerprint density at radius 1 is 1.19 bits per heavy atom. The Hall–Kier alpha value is -2.98. The van der Waals surface area contributed by atoms with Gasteiger partial charge in [-0.3, -0.25) is 4.98 Å². The first-order valence-electron chi connectivity index (χ1n) is 9.71. The van der Waals surface area contributed by atoms with Gasteiger partial charge in [0, 0.05) is 36.8 Å². The van der Waals surface area contributed by atoms with Crippen molar-refractivity contribution in [1.82, 2.24) is 20.1 Å². The van der Waals surface area contributed by atoms with Gasteiger partial charge in [-0.1, -0.05) is 0 Å². The van der Waals surface area contributed by atoms with Crippen LogP contribution in [0, 0.1) is 0 Å². The second-order valence-electron chi connectivity index (χ2n) is 8.14. The van der Waals surface area contributed by atoms with E-state index < -0.39 is 23.1 Å². The van der Waals surface area contributed by atoms with Gasteiger partial charge in [-0.15, -0.1) is 10.2 Å². The van der Waals surface area contributed by atoms with Gasteiger partial charge in [0.2, 0.25) is 0 Å². The summed E-state index contributed by atoms with van der Waals surface area (Å²) in [7, 11) is 3.78. The summed E-state index contributed by atoms with van der Waals surface area (Å²) in [6.45, 7) is 1.42. The molecule has 3 heterocycles. The summed E-state index contributed by atoms with van der Waals surface area (Å²) >= 11 is 0. The van der Waals surface area contributed by atoms with Gasteiger partial charge < -0.3 is 20.0 Å². The number of anilines is 1. The summed E-state index contributed by atoms with van der Waals surface area (Å²) in [5, 5.41) is 30.2. The van der Waals surface area contributed by atoms with Gasteiger partial charge in [-0.25, -0.2) is 0 Å². The topological polar surface area (TPSA) is 85.6 Å². The lowest BCUT2D eigenvalue weighted by molar-refractivity contribution is -0.137. The lowest BCUT2D eigenvalue weighted by Gasteiger charge is -2.27. The molecule has 1 aliphatic heterocycles. The molecular weight excluding hydrogens is 411 g/mol. The molecule has 0 bridgehead atoms. The summed E-state index contributed by atoms with van der Waals surface area (Å²) in [6, 6.07) is 6.17. The number of nitrogens with zero attached hydrogens (tertiary/aromatic N) is 5. The predicted octanol–water partition coefficient (Wildman–Crippen LogP) is 2.92. The first kappa shape index (κ1) is 21.3. The molecule has 1 aliphatic rings. The molecule has 0 amide bonds. The first-order chi connectivity index (χ1) is 14.6. The van der Waals surface area contributed by atoms with E-state index in [1.165, 1.54) is 6.07 Å². The zero-order valence-electron chi connectivity index (χ0n) is 17.1. The number of likely N-dealkylation sites (N-methyl/N-ethyl adjacent to an activating group) is 1. The van der Waals surface area contributed by atoms with Crippen molar-refractivity contribution < 1.29 is 23.4 Å². The molecule has 2 aromatic heterocycles.